The fourth-order valence-electron chi connectivity index (χ4n) is 4.10. The van der Waals surface area contributed by atoms with Gasteiger partial charge in [-0.05, 0) is 37.6 Å². The van der Waals surface area contributed by atoms with Crippen LogP contribution in [0.4, 0.5) is 4.79 Å². The van der Waals surface area contributed by atoms with Crippen LogP contribution in [0.15, 0.2) is 42.5 Å². The molecule has 3 amide bonds. The second-order valence-electron chi connectivity index (χ2n) is 7.61. The van der Waals surface area contributed by atoms with E-state index in [9.17, 15) is 14.4 Å². The van der Waals surface area contributed by atoms with Crippen molar-refractivity contribution >= 4 is 28.6 Å². The summed E-state index contributed by atoms with van der Waals surface area (Å²) in [6, 6.07) is 11.9. The second-order valence-corrected chi connectivity index (χ2v) is 7.61. The Morgan fingerprint density at radius 2 is 1.90 bits per heavy atom. The number of urea groups is 1. The van der Waals surface area contributed by atoms with Gasteiger partial charge in [-0.2, -0.15) is 0 Å². The molecule has 5 rings (SSSR count). The lowest BCUT2D eigenvalue weighted by atomic mass is 9.91. The Morgan fingerprint density at radius 3 is 2.73 bits per heavy atom. The summed E-state index contributed by atoms with van der Waals surface area (Å²) in [4.78, 5) is 43.0. The molecule has 8 heteroatoms. The number of benzene rings is 2. The maximum Gasteiger partial charge on any atom is 0.325 e. The molecule has 2 N–H and O–H groups in total. The van der Waals surface area contributed by atoms with Gasteiger partial charge >= 0.3 is 6.03 Å². The van der Waals surface area contributed by atoms with Crippen molar-refractivity contribution in [1.29, 1.82) is 0 Å². The minimum atomic E-state index is -1.30. The first-order chi connectivity index (χ1) is 14.4. The SMILES string of the molecule is Cc1[nH]c2ccccc2c1C(=O)CN1C(=O)N[C@](C)(c2ccc3c(c2)OCO3)C1=O. The van der Waals surface area contributed by atoms with Gasteiger partial charge in [0.2, 0.25) is 6.79 Å². The van der Waals surface area contributed by atoms with Crippen molar-refractivity contribution in [2.75, 3.05) is 13.3 Å². The number of rotatable bonds is 4. The third-order valence-corrected chi connectivity index (χ3v) is 5.70. The van der Waals surface area contributed by atoms with Crippen molar-refractivity contribution in [3.05, 3.63) is 59.3 Å². The predicted molar refractivity (Wildman–Crippen MR) is 108 cm³/mol. The number of carbonyl (C=O) groups is 3. The third kappa shape index (κ3) is 2.57. The van der Waals surface area contributed by atoms with Crippen molar-refractivity contribution < 1.29 is 23.9 Å². The van der Waals surface area contributed by atoms with E-state index < -0.39 is 17.5 Å². The molecular weight excluding hydrogens is 386 g/mol. The van der Waals surface area contributed by atoms with Crippen LogP contribution in [0.1, 0.15) is 28.5 Å². The largest absolute Gasteiger partial charge is 0.454 e. The zero-order valence-corrected chi connectivity index (χ0v) is 16.4. The van der Waals surface area contributed by atoms with Crippen LogP contribution in [-0.2, 0) is 10.3 Å². The molecule has 0 saturated carbocycles. The summed E-state index contributed by atoms with van der Waals surface area (Å²) >= 11 is 0. The number of H-pyrrole nitrogens is 1. The van der Waals surface area contributed by atoms with Crippen molar-refractivity contribution in [3.8, 4) is 11.5 Å². The van der Waals surface area contributed by atoms with Crippen molar-refractivity contribution in [2.45, 2.75) is 19.4 Å². The van der Waals surface area contributed by atoms with Crippen LogP contribution in [0, 0.1) is 6.92 Å². The van der Waals surface area contributed by atoms with Crippen LogP contribution in [0.5, 0.6) is 11.5 Å². The summed E-state index contributed by atoms with van der Waals surface area (Å²) in [6.45, 7) is 3.19. The third-order valence-electron chi connectivity index (χ3n) is 5.70. The fraction of sp³-hybridized carbons (Fsp3) is 0.227. The highest BCUT2D eigenvalue weighted by atomic mass is 16.7. The first-order valence-corrected chi connectivity index (χ1v) is 9.53. The summed E-state index contributed by atoms with van der Waals surface area (Å²) in [7, 11) is 0. The zero-order chi connectivity index (χ0) is 21.0. The number of ether oxygens (including phenoxy) is 2. The molecule has 0 spiro atoms. The Kier molecular flexibility index (Phi) is 3.86. The number of Topliss-reactive ketones (excluding diaryl/α,β-unsaturated/α-hetero) is 1. The number of para-hydroxylation sites is 1. The Hall–Kier alpha value is -3.81. The van der Waals surface area contributed by atoms with Gasteiger partial charge < -0.3 is 19.8 Å². The normalized spacial score (nSPS) is 20.1. The van der Waals surface area contributed by atoms with Crippen molar-refractivity contribution in [1.82, 2.24) is 15.2 Å². The zero-order valence-electron chi connectivity index (χ0n) is 16.4. The number of imide groups is 1. The average Bonchev–Trinajstić information content (AvgIpc) is 3.38. The Labute approximate surface area is 171 Å². The van der Waals surface area contributed by atoms with Gasteiger partial charge in [-0.3, -0.25) is 14.5 Å². The van der Waals surface area contributed by atoms with Crippen LogP contribution in [0.25, 0.3) is 10.9 Å². The standard InChI is InChI=1S/C22H19N3O5/c1-12-19(14-5-3-4-6-15(14)23-12)16(26)10-25-20(27)22(2,24-21(25)28)13-7-8-17-18(9-13)30-11-29-17/h3-9,23H,10-11H2,1-2H3,(H,24,28)/t22-/m1/s1. The van der Waals surface area contributed by atoms with Crippen molar-refractivity contribution in [3.63, 3.8) is 0 Å². The number of aromatic amines is 1. The second kappa shape index (κ2) is 6.35. The molecule has 2 aliphatic heterocycles. The maximum absolute atomic E-state index is 13.2. The molecule has 2 aromatic carbocycles. The number of nitrogens with one attached hydrogen (secondary N) is 2. The maximum atomic E-state index is 13.2. The number of hydrogen-bond donors (Lipinski definition) is 2. The Bertz CT molecular complexity index is 1230. The number of aryl methyl sites for hydroxylation is 1. The topological polar surface area (TPSA) is 101 Å². The molecule has 1 saturated heterocycles. The van der Waals surface area contributed by atoms with Gasteiger partial charge in [0.25, 0.3) is 5.91 Å². The number of ketones is 1. The smallest absolute Gasteiger partial charge is 0.325 e. The number of aromatic nitrogens is 1. The highest BCUT2D eigenvalue weighted by Gasteiger charge is 2.50. The molecule has 0 unspecified atom stereocenters. The molecular formula is C22H19N3O5. The molecule has 0 radical (unpaired) electrons. The molecule has 3 aromatic rings. The van der Waals surface area contributed by atoms with Crippen LogP contribution in [-0.4, -0.2) is 40.9 Å². The molecule has 1 atom stereocenters. The Morgan fingerprint density at radius 1 is 1.13 bits per heavy atom. The van der Waals surface area contributed by atoms with Gasteiger partial charge in [0.1, 0.15) is 5.54 Å². The number of amides is 3. The molecule has 1 fully saturated rings. The lowest BCUT2D eigenvalue weighted by Gasteiger charge is -2.22. The number of hydrogen-bond acceptors (Lipinski definition) is 5. The minimum Gasteiger partial charge on any atom is -0.454 e. The molecule has 2 aliphatic rings. The van der Waals surface area contributed by atoms with Gasteiger partial charge in [-0.25, -0.2) is 4.79 Å². The first-order valence-electron chi connectivity index (χ1n) is 9.53. The molecule has 1 aromatic heterocycles. The number of fused-ring (bicyclic) bond motifs is 2. The van der Waals surface area contributed by atoms with Gasteiger partial charge in [-0.1, -0.05) is 24.3 Å². The van der Waals surface area contributed by atoms with Crippen LogP contribution < -0.4 is 14.8 Å². The summed E-state index contributed by atoms with van der Waals surface area (Å²) in [5, 5.41) is 3.49. The molecule has 152 valence electrons. The van der Waals surface area contributed by atoms with Crippen LogP contribution >= 0.6 is 0 Å². The summed E-state index contributed by atoms with van der Waals surface area (Å²) < 4.78 is 10.7. The summed E-state index contributed by atoms with van der Waals surface area (Å²) in [6.07, 6.45) is 0. The first kappa shape index (κ1) is 18.2. The predicted octanol–water partition coefficient (Wildman–Crippen LogP) is 2.85. The van der Waals surface area contributed by atoms with E-state index >= 15 is 0 Å². The fourth-order valence-corrected chi connectivity index (χ4v) is 4.10. The molecule has 3 heterocycles. The average molecular weight is 405 g/mol. The number of nitrogens with zero attached hydrogens (tertiary/aromatic N) is 1. The highest BCUT2D eigenvalue weighted by molar-refractivity contribution is 6.15. The quantitative estimate of drug-likeness (QED) is 0.514. The van der Waals surface area contributed by atoms with E-state index in [1.54, 1.807) is 32.0 Å². The molecule has 30 heavy (non-hydrogen) atoms. The highest BCUT2D eigenvalue weighted by Crippen LogP contribution is 2.38. The van der Waals surface area contributed by atoms with E-state index in [4.69, 9.17) is 9.47 Å². The van der Waals surface area contributed by atoms with Crippen molar-refractivity contribution in [2.24, 2.45) is 0 Å². The molecule has 0 bridgehead atoms. The molecule has 0 aliphatic carbocycles. The lowest BCUT2D eigenvalue weighted by molar-refractivity contribution is -0.130. The van der Waals surface area contributed by atoms with Gasteiger partial charge in [0.15, 0.2) is 17.3 Å². The minimum absolute atomic E-state index is 0.112. The monoisotopic (exact) mass is 405 g/mol. The summed E-state index contributed by atoms with van der Waals surface area (Å²) in [5.74, 6) is 0.307. The van der Waals surface area contributed by atoms with E-state index in [1.807, 2.05) is 24.3 Å². The van der Waals surface area contributed by atoms with Crippen LogP contribution in [0.2, 0.25) is 0 Å². The van der Waals surface area contributed by atoms with E-state index in [0.29, 0.717) is 28.3 Å². The van der Waals surface area contributed by atoms with Gasteiger partial charge in [0, 0.05) is 22.2 Å². The van der Waals surface area contributed by atoms with E-state index in [0.717, 1.165) is 15.8 Å². The Balaban J connectivity index is 1.44. The number of carbonyl (C=O) groups excluding carboxylic acids is 3. The van der Waals surface area contributed by atoms with E-state index in [-0.39, 0.29) is 19.1 Å². The summed E-state index contributed by atoms with van der Waals surface area (Å²) in [5.41, 5.74) is 1.28. The molecule has 8 nitrogen and oxygen atoms in total. The van der Waals surface area contributed by atoms with Gasteiger partial charge in [0.05, 0.1) is 6.54 Å². The van der Waals surface area contributed by atoms with Crippen LogP contribution in [0.3, 0.4) is 0 Å². The van der Waals surface area contributed by atoms with E-state index in [2.05, 4.69) is 10.3 Å². The lowest BCUT2D eigenvalue weighted by Crippen LogP contribution is -2.41. The van der Waals surface area contributed by atoms with Gasteiger partial charge in [-0.15, -0.1) is 0 Å². The van der Waals surface area contributed by atoms with E-state index in [1.165, 1.54) is 0 Å².